The van der Waals surface area contributed by atoms with E-state index in [1.54, 1.807) is 40.4 Å². The van der Waals surface area contributed by atoms with Crippen LogP contribution in [0.1, 0.15) is 32.4 Å². The molecular weight excluding hydrogens is 658 g/mol. The van der Waals surface area contributed by atoms with E-state index in [2.05, 4.69) is 14.4 Å². The molecule has 1 saturated heterocycles. The standard InChI is InChI=1S/C27H35N9O9S2/c1-27(2)17(24(39)36(27)45-47(40,41)42)11-20(37)22(18-14-46-25(30)32-18)33-44-21(23(29)38)13-43-16-7-5-15(6-8-16)19-12-35(10-4-9-28)26(31)34(19)3/h5-8,12,14,17,21,31H,4,9-11,13,28H2,1-3H3,(H2,29,38)(H2,30,32)(H,40,41,42)/b31-26?,33-22-/t17-,21+/m1/s1. The lowest BCUT2D eigenvalue weighted by molar-refractivity contribution is -0.228. The van der Waals surface area contributed by atoms with Crippen LogP contribution >= 0.6 is 11.3 Å². The first-order valence-corrected chi connectivity index (χ1v) is 16.3. The van der Waals surface area contributed by atoms with E-state index in [1.165, 1.54) is 19.2 Å². The highest BCUT2D eigenvalue weighted by Gasteiger charge is 2.57. The summed E-state index contributed by atoms with van der Waals surface area (Å²) in [6, 6.07) is 6.89. The van der Waals surface area contributed by atoms with Gasteiger partial charge in [0.2, 0.25) is 11.7 Å². The fraction of sp³-hybridized carbons (Fsp3) is 0.407. The summed E-state index contributed by atoms with van der Waals surface area (Å²) in [5.74, 6) is -3.25. The summed E-state index contributed by atoms with van der Waals surface area (Å²) in [4.78, 5) is 47.5. The number of ether oxygens (including phenoxy) is 1. The molecule has 0 bridgehead atoms. The van der Waals surface area contributed by atoms with Gasteiger partial charge in [0.1, 0.15) is 18.1 Å². The zero-order chi connectivity index (χ0) is 34.7. The number of thiazole rings is 1. The number of Topliss-reactive ketones (excluding diaryl/α,β-unsaturated/α-hetero) is 1. The molecule has 1 aliphatic rings. The van der Waals surface area contributed by atoms with Crippen LogP contribution in [0.25, 0.3) is 11.3 Å². The molecule has 4 rings (SSSR count). The number of aryl methyl sites for hydroxylation is 1. The Morgan fingerprint density at radius 2 is 1.94 bits per heavy atom. The second kappa shape index (κ2) is 14.0. The van der Waals surface area contributed by atoms with Gasteiger partial charge in [-0.05, 0) is 56.6 Å². The summed E-state index contributed by atoms with van der Waals surface area (Å²) < 4.78 is 44.8. The number of primary amides is 1. The smallest absolute Gasteiger partial charge is 0.418 e. The van der Waals surface area contributed by atoms with E-state index in [1.807, 2.05) is 6.20 Å². The Labute approximate surface area is 273 Å². The number of nitrogen functional groups attached to an aromatic ring is 1. The maximum atomic E-state index is 13.4. The highest BCUT2D eigenvalue weighted by atomic mass is 32.3. The summed E-state index contributed by atoms with van der Waals surface area (Å²) in [5, 5.41) is 14.1. The van der Waals surface area contributed by atoms with Gasteiger partial charge in [0.05, 0.1) is 17.2 Å². The fourth-order valence-corrected chi connectivity index (χ4v) is 5.76. The van der Waals surface area contributed by atoms with Crippen LogP contribution in [0.3, 0.4) is 0 Å². The third-order valence-electron chi connectivity index (χ3n) is 7.43. The lowest BCUT2D eigenvalue weighted by atomic mass is 9.74. The molecule has 47 heavy (non-hydrogen) atoms. The van der Waals surface area contributed by atoms with Crippen molar-refractivity contribution in [1.82, 2.24) is 19.2 Å². The van der Waals surface area contributed by atoms with Crippen molar-refractivity contribution < 1.29 is 41.2 Å². The van der Waals surface area contributed by atoms with E-state index >= 15 is 0 Å². The number of imidazole rings is 1. The molecule has 18 nitrogen and oxygen atoms in total. The molecule has 1 aromatic carbocycles. The monoisotopic (exact) mass is 693 g/mol. The first-order chi connectivity index (χ1) is 22.0. The largest absolute Gasteiger partial charge is 0.489 e. The zero-order valence-corrected chi connectivity index (χ0v) is 27.3. The summed E-state index contributed by atoms with van der Waals surface area (Å²) in [7, 11) is -3.20. The average molecular weight is 694 g/mol. The zero-order valence-electron chi connectivity index (χ0n) is 25.7. The number of ketones is 1. The summed E-state index contributed by atoms with van der Waals surface area (Å²) in [6.45, 7) is 3.62. The van der Waals surface area contributed by atoms with Crippen molar-refractivity contribution in [3.05, 3.63) is 47.2 Å². The Morgan fingerprint density at radius 3 is 2.49 bits per heavy atom. The Balaban J connectivity index is 1.46. The highest BCUT2D eigenvalue weighted by molar-refractivity contribution is 7.80. The van der Waals surface area contributed by atoms with Crippen molar-refractivity contribution in [2.24, 2.45) is 29.6 Å². The lowest BCUT2D eigenvalue weighted by Crippen LogP contribution is -2.68. The minimum atomic E-state index is -4.98. The number of nitrogens with two attached hydrogens (primary N) is 3. The maximum Gasteiger partial charge on any atom is 0.418 e. The number of hydrogen-bond donors (Lipinski definition) is 5. The van der Waals surface area contributed by atoms with Crippen molar-refractivity contribution >= 4 is 50.2 Å². The molecule has 2 amide bonds. The molecule has 0 saturated carbocycles. The number of anilines is 1. The Kier molecular flexibility index (Phi) is 10.5. The minimum absolute atomic E-state index is 0.00806. The van der Waals surface area contributed by atoms with Gasteiger partial charge < -0.3 is 35.9 Å². The molecule has 3 aromatic rings. The molecule has 2 atom stereocenters. The van der Waals surface area contributed by atoms with Gasteiger partial charge in [0.25, 0.3) is 11.8 Å². The number of oxime groups is 1. The van der Waals surface area contributed by atoms with Gasteiger partial charge in [-0.3, -0.25) is 24.3 Å². The molecule has 0 spiro atoms. The van der Waals surface area contributed by atoms with Gasteiger partial charge in [-0.25, -0.2) is 4.98 Å². The summed E-state index contributed by atoms with van der Waals surface area (Å²) >= 11 is 1.00. The topological polar surface area (TPSA) is 274 Å². The van der Waals surface area contributed by atoms with Crippen LogP contribution in [0, 0.1) is 11.3 Å². The van der Waals surface area contributed by atoms with E-state index in [9.17, 15) is 22.8 Å². The van der Waals surface area contributed by atoms with Crippen molar-refractivity contribution in [3.8, 4) is 17.0 Å². The number of carbonyl (C=O) groups is 3. The normalized spacial score (nSPS) is 16.9. The highest BCUT2D eigenvalue weighted by Crippen LogP contribution is 2.40. The molecule has 8 N–H and O–H groups in total. The van der Waals surface area contributed by atoms with Crippen LogP contribution in [-0.2, 0) is 47.5 Å². The van der Waals surface area contributed by atoms with Gasteiger partial charge >= 0.3 is 10.4 Å². The molecule has 3 heterocycles. The second-order valence-corrected chi connectivity index (χ2v) is 12.9. The molecule has 254 valence electrons. The number of nitrogens with zero attached hydrogens (tertiary/aromatic N) is 5. The molecule has 0 aliphatic carbocycles. The van der Waals surface area contributed by atoms with Crippen LogP contribution in [-0.4, -0.2) is 80.3 Å². The molecule has 1 aliphatic heterocycles. The number of amides is 2. The number of hydrogen-bond acceptors (Lipinski definition) is 14. The quantitative estimate of drug-likeness (QED) is 0.0572. The average Bonchev–Trinajstić information content (AvgIpc) is 3.56. The van der Waals surface area contributed by atoms with Gasteiger partial charge in [-0.2, -0.15) is 13.5 Å². The first kappa shape index (κ1) is 35.2. The molecule has 0 radical (unpaired) electrons. The van der Waals surface area contributed by atoms with Crippen LogP contribution in [0.5, 0.6) is 5.75 Å². The number of nitrogens with one attached hydrogen (secondary N) is 1. The molecule has 1 fully saturated rings. The second-order valence-electron chi connectivity index (χ2n) is 11.0. The van der Waals surface area contributed by atoms with E-state index in [4.69, 9.17) is 36.7 Å². The number of carbonyl (C=O) groups excluding carboxylic acids is 3. The number of rotatable bonds is 16. The molecule has 0 unspecified atom stereocenters. The number of aromatic nitrogens is 3. The minimum Gasteiger partial charge on any atom is -0.489 e. The van der Waals surface area contributed by atoms with Crippen molar-refractivity contribution in [2.45, 2.75) is 44.9 Å². The van der Waals surface area contributed by atoms with Crippen LogP contribution < -0.4 is 27.6 Å². The van der Waals surface area contributed by atoms with Gasteiger partial charge in [0.15, 0.2) is 16.6 Å². The van der Waals surface area contributed by atoms with Gasteiger partial charge in [0, 0.05) is 31.6 Å². The molecule has 20 heteroatoms. The number of β-lactam (4-membered cyclic amide) rings is 1. The van der Waals surface area contributed by atoms with Crippen molar-refractivity contribution in [2.75, 3.05) is 18.9 Å². The van der Waals surface area contributed by atoms with Gasteiger partial charge in [-0.15, -0.1) is 15.6 Å². The van der Waals surface area contributed by atoms with E-state index in [0.717, 1.165) is 29.0 Å². The predicted molar refractivity (Wildman–Crippen MR) is 168 cm³/mol. The molecule has 2 aromatic heterocycles. The van der Waals surface area contributed by atoms with Crippen molar-refractivity contribution in [1.29, 1.82) is 5.41 Å². The Bertz CT molecular complexity index is 1850. The Hall–Kier alpha value is -4.63. The lowest BCUT2D eigenvalue weighted by Gasteiger charge is -2.50. The van der Waals surface area contributed by atoms with Crippen molar-refractivity contribution in [3.63, 3.8) is 0 Å². The first-order valence-electron chi connectivity index (χ1n) is 14.1. The number of hydroxylamine groups is 2. The predicted octanol–water partition coefficient (Wildman–Crippen LogP) is -0.0552. The SMILES string of the molecule is Cn1c(-c2ccc(OC[C@H](O/N=C(\C(=O)C[C@@H]3C(=O)N(OS(=O)(=O)O)C3(C)C)c3csc(N)n3)C(N)=O)cc2)cn(CCCN)c1=N. The van der Waals surface area contributed by atoms with Crippen LogP contribution in [0.4, 0.5) is 5.13 Å². The summed E-state index contributed by atoms with van der Waals surface area (Å²) in [6.07, 6.45) is 0.674. The third kappa shape index (κ3) is 8.03. The van der Waals surface area contributed by atoms with E-state index in [0.29, 0.717) is 29.5 Å². The third-order valence-corrected chi connectivity index (χ3v) is 8.45. The van der Waals surface area contributed by atoms with E-state index in [-0.39, 0.29) is 23.1 Å². The van der Waals surface area contributed by atoms with Crippen LogP contribution in [0.15, 0.2) is 41.0 Å². The van der Waals surface area contributed by atoms with E-state index < -0.39 is 52.0 Å². The number of benzene rings is 1. The molecular formula is C27H35N9O9S2. The maximum absolute atomic E-state index is 13.4. The fourth-order valence-electron chi connectivity index (χ4n) is 4.76. The van der Waals surface area contributed by atoms with Crippen LogP contribution in [0.2, 0.25) is 0 Å². The summed E-state index contributed by atoms with van der Waals surface area (Å²) in [5.41, 5.74) is 17.1. The Morgan fingerprint density at radius 1 is 1.26 bits per heavy atom. The van der Waals surface area contributed by atoms with Gasteiger partial charge in [-0.1, -0.05) is 5.16 Å².